The number of amides is 2. The number of aliphatic hydroxyl groups is 1. The van der Waals surface area contributed by atoms with Crippen LogP contribution >= 0.6 is 0 Å². The van der Waals surface area contributed by atoms with Crippen molar-refractivity contribution >= 4 is 23.2 Å². The van der Waals surface area contributed by atoms with E-state index in [-0.39, 0.29) is 11.3 Å². The number of nitrogens with one attached hydrogen (secondary N) is 2. The smallest absolute Gasteiger partial charge is 0.255 e. The van der Waals surface area contributed by atoms with Gasteiger partial charge in [-0.05, 0) is 38.1 Å². The van der Waals surface area contributed by atoms with Gasteiger partial charge in [-0.15, -0.1) is 0 Å². The summed E-state index contributed by atoms with van der Waals surface area (Å²) in [5.74, 6) is 0.442. The third-order valence-electron chi connectivity index (χ3n) is 4.11. The van der Waals surface area contributed by atoms with Crippen molar-refractivity contribution in [3.05, 3.63) is 35.9 Å². The molecule has 162 valence electrons. The van der Waals surface area contributed by atoms with Crippen LogP contribution in [0, 0.1) is 0 Å². The SMILES string of the molecule is CCOc1ccc(NC(=O)c2cc(OC)c(OC)c(OC)c2)c(NC(=O)[C@H](C)O)c1. The zero-order valence-corrected chi connectivity index (χ0v) is 17.6. The van der Waals surface area contributed by atoms with Crippen molar-refractivity contribution < 1.29 is 33.6 Å². The van der Waals surface area contributed by atoms with Crippen LogP contribution in [0.3, 0.4) is 0 Å². The lowest BCUT2D eigenvalue weighted by Gasteiger charge is -2.16. The van der Waals surface area contributed by atoms with Crippen LogP contribution in [0.25, 0.3) is 0 Å². The van der Waals surface area contributed by atoms with Gasteiger partial charge >= 0.3 is 0 Å². The number of anilines is 2. The first-order chi connectivity index (χ1) is 14.3. The quantitative estimate of drug-likeness (QED) is 0.573. The predicted octanol–water partition coefficient (Wildman–Crippen LogP) is 2.68. The summed E-state index contributed by atoms with van der Waals surface area (Å²) in [4.78, 5) is 24.8. The highest BCUT2D eigenvalue weighted by atomic mass is 16.5. The van der Waals surface area contributed by atoms with Crippen molar-refractivity contribution in [3.8, 4) is 23.0 Å². The van der Waals surface area contributed by atoms with E-state index in [1.807, 2.05) is 6.92 Å². The third-order valence-corrected chi connectivity index (χ3v) is 4.11. The highest BCUT2D eigenvalue weighted by Gasteiger charge is 2.19. The van der Waals surface area contributed by atoms with Gasteiger partial charge < -0.3 is 34.7 Å². The Bertz CT molecular complexity index is 887. The van der Waals surface area contributed by atoms with Crippen molar-refractivity contribution in [2.45, 2.75) is 20.0 Å². The van der Waals surface area contributed by atoms with E-state index >= 15 is 0 Å². The lowest BCUT2D eigenvalue weighted by atomic mass is 10.1. The van der Waals surface area contributed by atoms with Gasteiger partial charge in [0, 0.05) is 11.6 Å². The van der Waals surface area contributed by atoms with Crippen molar-refractivity contribution in [3.63, 3.8) is 0 Å². The molecule has 2 aromatic carbocycles. The highest BCUT2D eigenvalue weighted by Crippen LogP contribution is 2.38. The standard InChI is InChI=1S/C21H26N2O7/c1-6-30-14-7-8-15(16(11-14)23-20(25)12(2)24)22-21(26)13-9-17(27-3)19(29-5)18(10-13)28-4/h7-12,24H,6H2,1-5H3,(H,22,26)(H,23,25)/t12-/m0/s1. The van der Waals surface area contributed by atoms with E-state index in [2.05, 4.69) is 10.6 Å². The molecule has 0 unspecified atom stereocenters. The van der Waals surface area contributed by atoms with Gasteiger partial charge in [0.2, 0.25) is 5.75 Å². The number of benzene rings is 2. The summed E-state index contributed by atoms with van der Waals surface area (Å²) in [6.07, 6.45) is -1.22. The molecule has 9 nitrogen and oxygen atoms in total. The van der Waals surface area contributed by atoms with Crippen LogP contribution in [0.15, 0.2) is 30.3 Å². The summed E-state index contributed by atoms with van der Waals surface area (Å²) in [6.45, 7) is 3.60. The molecule has 0 saturated heterocycles. The first-order valence-electron chi connectivity index (χ1n) is 9.21. The monoisotopic (exact) mass is 418 g/mol. The summed E-state index contributed by atoms with van der Waals surface area (Å²) < 4.78 is 21.3. The van der Waals surface area contributed by atoms with E-state index in [0.717, 1.165) is 0 Å². The molecule has 9 heteroatoms. The summed E-state index contributed by atoms with van der Waals surface area (Å²) in [5.41, 5.74) is 0.866. The number of hydrogen-bond donors (Lipinski definition) is 3. The molecule has 0 radical (unpaired) electrons. The van der Waals surface area contributed by atoms with Gasteiger partial charge in [-0.2, -0.15) is 0 Å². The molecular weight excluding hydrogens is 392 g/mol. The third kappa shape index (κ3) is 5.32. The molecule has 3 N–H and O–H groups in total. The average Bonchev–Trinajstić information content (AvgIpc) is 2.74. The lowest BCUT2D eigenvalue weighted by Crippen LogP contribution is -2.25. The number of rotatable bonds is 9. The Morgan fingerprint density at radius 2 is 1.60 bits per heavy atom. The Morgan fingerprint density at radius 1 is 0.967 bits per heavy atom. The first-order valence-corrected chi connectivity index (χ1v) is 9.21. The fourth-order valence-electron chi connectivity index (χ4n) is 2.64. The largest absolute Gasteiger partial charge is 0.494 e. The Balaban J connectivity index is 2.39. The van der Waals surface area contributed by atoms with Gasteiger partial charge in [-0.25, -0.2) is 0 Å². The van der Waals surface area contributed by atoms with Gasteiger partial charge in [0.15, 0.2) is 11.5 Å². The van der Waals surface area contributed by atoms with Crippen molar-refractivity contribution in [2.75, 3.05) is 38.6 Å². The number of aliphatic hydroxyl groups excluding tert-OH is 1. The molecule has 0 aliphatic rings. The maximum absolute atomic E-state index is 12.9. The van der Waals surface area contributed by atoms with Gasteiger partial charge in [0.25, 0.3) is 11.8 Å². The number of carbonyl (C=O) groups is 2. The number of carbonyl (C=O) groups excluding carboxylic acids is 2. The molecule has 0 bridgehead atoms. The minimum absolute atomic E-state index is 0.256. The molecule has 0 aromatic heterocycles. The summed E-state index contributed by atoms with van der Waals surface area (Å²) in [6, 6.07) is 7.85. The van der Waals surface area contributed by atoms with E-state index in [9.17, 15) is 14.7 Å². The zero-order valence-electron chi connectivity index (χ0n) is 17.6. The number of methoxy groups -OCH3 is 3. The molecule has 2 rings (SSSR count). The molecule has 2 amide bonds. The Labute approximate surface area is 174 Å². The van der Waals surface area contributed by atoms with Crippen molar-refractivity contribution in [1.29, 1.82) is 0 Å². The molecule has 2 aromatic rings. The molecule has 0 aliphatic heterocycles. The van der Waals surface area contributed by atoms with Gasteiger partial charge in [-0.1, -0.05) is 0 Å². The second kappa shape index (κ2) is 10.4. The molecule has 1 atom stereocenters. The van der Waals surface area contributed by atoms with E-state index in [4.69, 9.17) is 18.9 Å². The predicted molar refractivity (Wildman–Crippen MR) is 112 cm³/mol. The highest BCUT2D eigenvalue weighted by molar-refractivity contribution is 6.08. The van der Waals surface area contributed by atoms with Crippen LogP contribution in [0.2, 0.25) is 0 Å². The fraction of sp³-hybridized carbons (Fsp3) is 0.333. The van der Waals surface area contributed by atoms with E-state index in [1.54, 1.807) is 18.2 Å². The topological polar surface area (TPSA) is 115 Å². The van der Waals surface area contributed by atoms with Crippen LogP contribution in [0.1, 0.15) is 24.2 Å². The maximum Gasteiger partial charge on any atom is 0.255 e. The summed E-state index contributed by atoms with van der Waals surface area (Å²) in [5, 5.41) is 14.8. The molecular formula is C21H26N2O7. The average molecular weight is 418 g/mol. The Hall–Kier alpha value is -3.46. The van der Waals surface area contributed by atoms with Gasteiger partial charge in [0.1, 0.15) is 11.9 Å². The van der Waals surface area contributed by atoms with Crippen LogP contribution in [0.5, 0.6) is 23.0 Å². The van der Waals surface area contributed by atoms with Crippen LogP contribution < -0.4 is 29.6 Å². The number of ether oxygens (including phenoxy) is 4. The first kappa shape index (κ1) is 22.8. The van der Waals surface area contributed by atoms with Crippen molar-refractivity contribution in [2.24, 2.45) is 0 Å². The maximum atomic E-state index is 12.9. The van der Waals surface area contributed by atoms with Crippen LogP contribution in [-0.2, 0) is 4.79 Å². The van der Waals surface area contributed by atoms with Gasteiger partial charge in [0.05, 0.1) is 39.3 Å². The fourth-order valence-corrected chi connectivity index (χ4v) is 2.64. The molecule has 30 heavy (non-hydrogen) atoms. The van der Waals surface area contributed by atoms with Crippen LogP contribution in [0.4, 0.5) is 11.4 Å². The minimum Gasteiger partial charge on any atom is -0.494 e. The zero-order chi connectivity index (χ0) is 22.3. The molecule has 0 saturated carbocycles. The molecule has 0 aliphatic carbocycles. The van der Waals surface area contributed by atoms with Crippen molar-refractivity contribution in [1.82, 2.24) is 0 Å². The van der Waals surface area contributed by atoms with Gasteiger partial charge in [-0.3, -0.25) is 9.59 Å². The van der Waals surface area contributed by atoms with E-state index in [0.29, 0.717) is 35.3 Å². The lowest BCUT2D eigenvalue weighted by molar-refractivity contribution is -0.123. The minimum atomic E-state index is -1.22. The Kier molecular flexibility index (Phi) is 7.88. The van der Waals surface area contributed by atoms with E-state index in [1.165, 1.54) is 40.4 Å². The second-order valence-corrected chi connectivity index (χ2v) is 6.17. The second-order valence-electron chi connectivity index (χ2n) is 6.17. The molecule has 0 spiro atoms. The summed E-state index contributed by atoms with van der Waals surface area (Å²) >= 11 is 0. The Morgan fingerprint density at radius 3 is 2.10 bits per heavy atom. The molecule has 0 heterocycles. The van der Waals surface area contributed by atoms with E-state index < -0.39 is 17.9 Å². The van der Waals surface area contributed by atoms with Crippen LogP contribution in [-0.4, -0.2) is 51.0 Å². The summed E-state index contributed by atoms with van der Waals surface area (Å²) in [7, 11) is 4.38. The molecule has 0 fully saturated rings. The number of hydrogen-bond acceptors (Lipinski definition) is 7. The normalized spacial score (nSPS) is 11.3.